The van der Waals surface area contributed by atoms with Gasteiger partial charge in [0.2, 0.25) is 0 Å². The lowest BCUT2D eigenvalue weighted by atomic mass is 9.84. The van der Waals surface area contributed by atoms with Crippen LogP contribution in [0.25, 0.3) is 10.8 Å². The van der Waals surface area contributed by atoms with E-state index in [1.165, 1.54) is 47.8 Å². The Bertz CT molecular complexity index is 639. The third-order valence-electron chi connectivity index (χ3n) is 5.07. The van der Waals surface area contributed by atoms with Gasteiger partial charge in [-0.1, -0.05) is 35.9 Å². The molecule has 1 fully saturated rings. The number of likely N-dealkylation sites (tertiary alicyclic amines) is 1. The first kappa shape index (κ1) is 15.5. The zero-order valence-electron chi connectivity index (χ0n) is 13.9. The predicted octanol–water partition coefficient (Wildman–Crippen LogP) is 3.98. The molecule has 118 valence electrons. The van der Waals surface area contributed by atoms with Crippen molar-refractivity contribution in [2.45, 2.75) is 39.0 Å². The number of aryl methyl sites for hydroxylation is 2. The van der Waals surface area contributed by atoms with Gasteiger partial charge in [-0.15, -0.1) is 0 Å². The van der Waals surface area contributed by atoms with Gasteiger partial charge in [0.05, 0.1) is 0 Å². The Morgan fingerprint density at radius 2 is 1.91 bits per heavy atom. The number of benzene rings is 2. The molecule has 1 aliphatic rings. The molecule has 0 unspecified atom stereocenters. The van der Waals surface area contributed by atoms with Crippen LogP contribution in [-0.2, 0) is 0 Å². The second-order valence-corrected chi connectivity index (χ2v) is 6.79. The van der Waals surface area contributed by atoms with Gasteiger partial charge in [-0.05, 0) is 87.1 Å². The third kappa shape index (κ3) is 3.18. The summed E-state index contributed by atoms with van der Waals surface area (Å²) in [6, 6.07) is 11.4. The first-order valence-corrected chi connectivity index (χ1v) is 8.61. The summed E-state index contributed by atoms with van der Waals surface area (Å²) in [4.78, 5) is 2.58. The molecule has 0 radical (unpaired) electrons. The maximum absolute atomic E-state index is 5.63. The molecule has 2 nitrogen and oxygen atoms in total. The minimum absolute atomic E-state index is 0.706. The second kappa shape index (κ2) is 6.80. The Kier molecular flexibility index (Phi) is 4.80. The highest BCUT2D eigenvalue weighted by Gasteiger charge is 2.22. The number of piperidine rings is 1. The lowest BCUT2D eigenvalue weighted by Gasteiger charge is -2.33. The first-order chi connectivity index (χ1) is 10.7. The van der Waals surface area contributed by atoms with Crippen molar-refractivity contribution in [2.24, 2.45) is 5.73 Å². The number of nitrogens with zero attached hydrogens (tertiary/aromatic N) is 1. The highest BCUT2D eigenvalue weighted by Crippen LogP contribution is 2.35. The lowest BCUT2D eigenvalue weighted by Crippen LogP contribution is -2.34. The maximum Gasteiger partial charge on any atom is -0.000671 e. The molecule has 1 saturated heterocycles. The maximum atomic E-state index is 5.63. The highest BCUT2D eigenvalue weighted by atomic mass is 15.1. The van der Waals surface area contributed by atoms with Gasteiger partial charge in [0.1, 0.15) is 0 Å². The zero-order valence-corrected chi connectivity index (χ0v) is 13.9. The molecular weight excluding hydrogens is 268 g/mol. The minimum Gasteiger partial charge on any atom is -0.330 e. The van der Waals surface area contributed by atoms with E-state index < -0.39 is 0 Å². The van der Waals surface area contributed by atoms with Crippen LogP contribution < -0.4 is 5.73 Å². The Hall–Kier alpha value is -1.38. The van der Waals surface area contributed by atoms with Crippen molar-refractivity contribution >= 4 is 10.8 Å². The van der Waals surface area contributed by atoms with E-state index in [0.717, 1.165) is 19.5 Å². The van der Waals surface area contributed by atoms with Crippen LogP contribution in [0, 0.1) is 13.8 Å². The molecule has 0 aromatic heterocycles. The topological polar surface area (TPSA) is 29.3 Å². The first-order valence-electron chi connectivity index (χ1n) is 8.61. The van der Waals surface area contributed by atoms with Crippen LogP contribution in [0.15, 0.2) is 30.3 Å². The molecule has 22 heavy (non-hydrogen) atoms. The summed E-state index contributed by atoms with van der Waals surface area (Å²) >= 11 is 0. The van der Waals surface area contributed by atoms with E-state index in [-0.39, 0.29) is 0 Å². The molecule has 1 aliphatic heterocycles. The van der Waals surface area contributed by atoms with Crippen molar-refractivity contribution in [3.05, 3.63) is 47.0 Å². The van der Waals surface area contributed by atoms with Gasteiger partial charge in [0, 0.05) is 0 Å². The van der Waals surface area contributed by atoms with Gasteiger partial charge >= 0.3 is 0 Å². The smallest absolute Gasteiger partial charge is 0.000671 e. The molecule has 0 atom stereocenters. The van der Waals surface area contributed by atoms with Crippen molar-refractivity contribution in [1.82, 2.24) is 4.90 Å². The molecule has 0 spiro atoms. The van der Waals surface area contributed by atoms with Gasteiger partial charge in [-0.2, -0.15) is 0 Å². The largest absolute Gasteiger partial charge is 0.330 e. The van der Waals surface area contributed by atoms with Crippen molar-refractivity contribution in [2.75, 3.05) is 26.2 Å². The summed E-state index contributed by atoms with van der Waals surface area (Å²) in [5.74, 6) is 0.706. The zero-order chi connectivity index (χ0) is 15.5. The van der Waals surface area contributed by atoms with Crippen LogP contribution in [0.4, 0.5) is 0 Å². The van der Waals surface area contributed by atoms with E-state index in [1.54, 1.807) is 5.56 Å². The summed E-state index contributed by atoms with van der Waals surface area (Å²) < 4.78 is 0. The molecule has 2 heteroatoms. The van der Waals surface area contributed by atoms with E-state index >= 15 is 0 Å². The Morgan fingerprint density at radius 3 is 2.64 bits per heavy atom. The normalized spacial score (nSPS) is 17.2. The lowest BCUT2D eigenvalue weighted by molar-refractivity contribution is 0.211. The fraction of sp³-hybridized carbons (Fsp3) is 0.500. The minimum atomic E-state index is 0.706. The van der Waals surface area contributed by atoms with E-state index in [1.807, 2.05) is 0 Å². The standard InChI is InChI=1S/C20H28N2/c1-15-13-18-6-3-5-16(2)20(18)19(14-15)17-7-11-22(12-8-17)10-4-9-21/h3,5-6,13-14,17H,4,7-12,21H2,1-2H3. The molecule has 2 N–H and O–H groups in total. The molecule has 0 aliphatic carbocycles. The summed E-state index contributed by atoms with van der Waals surface area (Å²) in [5.41, 5.74) is 10.0. The van der Waals surface area contributed by atoms with E-state index in [0.29, 0.717) is 5.92 Å². The van der Waals surface area contributed by atoms with Gasteiger partial charge in [-0.3, -0.25) is 0 Å². The monoisotopic (exact) mass is 296 g/mol. The Labute approximate surface area is 134 Å². The second-order valence-electron chi connectivity index (χ2n) is 6.79. The Balaban J connectivity index is 1.85. The van der Waals surface area contributed by atoms with E-state index in [4.69, 9.17) is 5.73 Å². The van der Waals surface area contributed by atoms with E-state index in [2.05, 4.69) is 49.1 Å². The SMILES string of the molecule is Cc1cc(C2CCN(CCCN)CC2)c2c(C)cccc2c1. The van der Waals surface area contributed by atoms with Gasteiger partial charge in [0.15, 0.2) is 0 Å². The molecule has 0 amide bonds. The fourth-order valence-electron chi connectivity index (χ4n) is 3.91. The molecule has 0 saturated carbocycles. The van der Waals surface area contributed by atoms with E-state index in [9.17, 15) is 0 Å². The van der Waals surface area contributed by atoms with Crippen molar-refractivity contribution in [1.29, 1.82) is 0 Å². The fourth-order valence-corrected chi connectivity index (χ4v) is 3.91. The summed E-state index contributed by atoms with van der Waals surface area (Å²) in [6.07, 6.45) is 3.67. The average Bonchev–Trinajstić information content (AvgIpc) is 2.52. The highest BCUT2D eigenvalue weighted by molar-refractivity contribution is 5.89. The predicted molar refractivity (Wildman–Crippen MR) is 95.5 cm³/mol. The summed E-state index contributed by atoms with van der Waals surface area (Å²) in [7, 11) is 0. The quantitative estimate of drug-likeness (QED) is 0.924. The molecular formula is C20H28N2. The van der Waals surface area contributed by atoms with Crippen LogP contribution in [0.3, 0.4) is 0 Å². The number of hydrogen-bond donors (Lipinski definition) is 1. The van der Waals surface area contributed by atoms with Crippen molar-refractivity contribution < 1.29 is 0 Å². The van der Waals surface area contributed by atoms with Crippen LogP contribution >= 0.6 is 0 Å². The van der Waals surface area contributed by atoms with Crippen LogP contribution in [0.5, 0.6) is 0 Å². The van der Waals surface area contributed by atoms with Gasteiger partial charge in [-0.25, -0.2) is 0 Å². The molecule has 2 aromatic carbocycles. The van der Waals surface area contributed by atoms with Crippen molar-refractivity contribution in [3.8, 4) is 0 Å². The third-order valence-corrected chi connectivity index (χ3v) is 5.07. The molecule has 1 heterocycles. The number of rotatable bonds is 4. The number of hydrogen-bond acceptors (Lipinski definition) is 2. The van der Waals surface area contributed by atoms with Crippen LogP contribution in [-0.4, -0.2) is 31.1 Å². The summed E-state index contributed by atoms with van der Waals surface area (Å²) in [6.45, 7) is 8.87. The number of nitrogens with two attached hydrogens (primary N) is 1. The van der Waals surface area contributed by atoms with Crippen LogP contribution in [0.2, 0.25) is 0 Å². The molecule has 2 aromatic rings. The van der Waals surface area contributed by atoms with Crippen LogP contribution in [0.1, 0.15) is 41.9 Å². The number of fused-ring (bicyclic) bond motifs is 1. The van der Waals surface area contributed by atoms with Gasteiger partial charge in [0.25, 0.3) is 0 Å². The molecule has 0 bridgehead atoms. The van der Waals surface area contributed by atoms with Gasteiger partial charge < -0.3 is 10.6 Å². The summed E-state index contributed by atoms with van der Waals surface area (Å²) in [5, 5.41) is 2.90. The van der Waals surface area contributed by atoms with Crippen molar-refractivity contribution in [3.63, 3.8) is 0 Å². The Morgan fingerprint density at radius 1 is 1.14 bits per heavy atom. The average molecular weight is 296 g/mol. The molecule has 3 rings (SSSR count).